The van der Waals surface area contributed by atoms with Crippen LogP contribution in [0.2, 0.25) is 0 Å². The summed E-state index contributed by atoms with van der Waals surface area (Å²) in [6.45, 7) is 11.4. The molecule has 1 aromatic carbocycles. The van der Waals surface area contributed by atoms with Crippen LogP contribution in [0, 0.1) is 20.8 Å². The van der Waals surface area contributed by atoms with E-state index in [-0.39, 0.29) is 5.54 Å². The molecule has 2 aromatic rings. The Hall–Kier alpha value is -1.61. The molecule has 2 rings (SSSR count). The van der Waals surface area contributed by atoms with E-state index in [1.54, 1.807) is 0 Å². The Morgan fingerprint density at radius 2 is 1.85 bits per heavy atom. The topological polar surface area (TPSA) is 43.8 Å². The molecule has 0 aliphatic rings. The van der Waals surface area contributed by atoms with Crippen molar-refractivity contribution < 1.29 is 0 Å². The predicted molar refractivity (Wildman–Crippen MR) is 83.8 cm³/mol. The second kappa shape index (κ2) is 5.41. The molecule has 1 heterocycles. The molecule has 0 saturated heterocycles. The van der Waals surface area contributed by atoms with Crippen molar-refractivity contribution in [3.05, 3.63) is 52.3 Å². The van der Waals surface area contributed by atoms with Crippen molar-refractivity contribution >= 4 is 0 Å². The lowest BCUT2D eigenvalue weighted by Crippen LogP contribution is -2.36. The summed E-state index contributed by atoms with van der Waals surface area (Å²) in [6, 6.07) is 8.63. The Labute approximate surface area is 121 Å². The largest absolute Gasteiger partial charge is 0.321 e. The first-order chi connectivity index (χ1) is 9.33. The molecule has 108 valence electrons. The van der Waals surface area contributed by atoms with Gasteiger partial charge in [-0.1, -0.05) is 18.2 Å². The van der Waals surface area contributed by atoms with Gasteiger partial charge in [0.05, 0.1) is 5.69 Å². The zero-order valence-electron chi connectivity index (χ0n) is 13.2. The fourth-order valence-electron chi connectivity index (χ4n) is 2.59. The Morgan fingerprint density at radius 3 is 2.45 bits per heavy atom. The average Bonchev–Trinajstić information content (AvgIpc) is 2.72. The van der Waals surface area contributed by atoms with Crippen LogP contribution >= 0.6 is 0 Å². The van der Waals surface area contributed by atoms with Crippen molar-refractivity contribution in [2.45, 2.75) is 53.1 Å². The normalized spacial score (nSPS) is 14.3. The summed E-state index contributed by atoms with van der Waals surface area (Å²) in [6.07, 6.45) is 0.796. The summed E-state index contributed by atoms with van der Waals surface area (Å²) in [4.78, 5) is 0. The second-order valence-corrected chi connectivity index (χ2v) is 5.99. The minimum atomic E-state index is -0.377. The zero-order chi connectivity index (χ0) is 14.9. The summed E-state index contributed by atoms with van der Waals surface area (Å²) in [5.41, 5.74) is 12.2. The fourth-order valence-corrected chi connectivity index (χ4v) is 2.59. The van der Waals surface area contributed by atoms with E-state index in [1.807, 2.05) is 11.6 Å². The van der Waals surface area contributed by atoms with Crippen LogP contribution in [-0.4, -0.2) is 9.78 Å². The third kappa shape index (κ3) is 2.93. The molecule has 3 heteroatoms. The predicted octanol–water partition coefficient (Wildman–Crippen LogP) is 3.24. The molecule has 1 unspecified atom stereocenters. The van der Waals surface area contributed by atoms with Gasteiger partial charge in [0.1, 0.15) is 0 Å². The second-order valence-electron chi connectivity index (χ2n) is 5.99. The number of aromatic nitrogens is 2. The minimum absolute atomic E-state index is 0.377. The molecule has 0 radical (unpaired) electrons. The van der Waals surface area contributed by atoms with Gasteiger partial charge in [0.25, 0.3) is 0 Å². The van der Waals surface area contributed by atoms with Crippen molar-refractivity contribution in [3.63, 3.8) is 0 Å². The highest BCUT2D eigenvalue weighted by molar-refractivity contribution is 5.34. The maximum Gasteiger partial charge on any atom is 0.0596 e. The van der Waals surface area contributed by atoms with Crippen LogP contribution in [0.3, 0.4) is 0 Å². The van der Waals surface area contributed by atoms with Gasteiger partial charge in [0, 0.05) is 24.2 Å². The van der Waals surface area contributed by atoms with Gasteiger partial charge in [-0.25, -0.2) is 0 Å². The number of hydrogen-bond acceptors (Lipinski definition) is 2. The van der Waals surface area contributed by atoms with Crippen molar-refractivity contribution in [1.29, 1.82) is 0 Å². The van der Waals surface area contributed by atoms with Crippen molar-refractivity contribution in [3.8, 4) is 0 Å². The number of rotatable bonds is 4. The average molecular weight is 271 g/mol. The lowest BCUT2D eigenvalue weighted by molar-refractivity contribution is 0.463. The van der Waals surface area contributed by atoms with Crippen LogP contribution in [0.15, 0.2) is 24.3 Å². The molecule has 0 spiro atoms. The van der Waals surface area contributed by atoms with Gasteiger partial charge in [-0.3, -0.25) is 4.68 Å². The lowest BCUT2D eigenvalue weighted by atomic mass is 9.86. The van der Waals surface area contributed by atoms with E-state index < -0.39 is 0 Å². The highest BCUT2D eigenvalue weighted by atomic mass is 15.3. The van der Waals surface area contributed by atoms with Crippen LogP contribution < -0.4 is 5.73 Å². The number of nitrogens with zero attached hydrogens (tertiary/aromatic N) is 2. The van der Waals surface area contributed by atoms with E-state index in [0.29, 0.717) is 0 Å². The Balaban J connectivity index is 2.32. The van der Waals surface area contributed by atoms with Gasteiger partial charge in [0.15, 0.2) is 0 Å². The summed E-state index contributed by atoms with van der Waals surface area (Å²) < 4.78 is 2.04. The highest BCUT2D eigenvalue weighted by Crippen LogP contribution is 2.25. The number of benzene rings is 1. The van der Waals surface area contributed by atoms with E-state index in [1.165, 1.54) is 22.4 Å². The molecular weight excluding hydrogens is 246 g/mol. The van der Waals surface area contributed by atoms with Crippen LogP contribution in [0.5, 0.6) is 0 Å². The maximum atomic E-state index is 6.58. The third-order valence-corrected chi connectivity index (χ3v) is 4.00. The van der Waals surface area contributed by atoms with Gasteiger partial charge < -0.3 is 5.73 Å². The van der Waals surface area contributed by atoms with Crippen molar-refractivity contribution in [2.24, 2.45) is 5.73 Å². The number of aryl methyl sites for hydroxylation is 4. The third-order valence-electron chi connectivity index (χ3n) is 4.00. The zero-order valence-corrected chi connectivity index (χ0v) is 13.2. The van der Waals surface area contributed by atoms with Crippen LogP contribution in [0.4, 0.5) is 0 Å². The first-order valence-electron chi connectivity index (χ1n) is 7.23. The quantitative estimate of drug-likeness (QED) is 0.927. The molecule has 2 N–H and O–H groups in total. The van der Waals surface area contributed by atoms with E-state index >= 15 is 0 Å². The highest BCUT2D eigenvalue weighted by Gasteiger charge is 2.24. The van der Waals surface area contributed by atoms with Gasteiger partial charge in [0.2, 0.25) is 0 Å². The van der Waals surface area contributed by atoms with Gasteiger partial charge in [-0.2, -0.15) is 5.10 Å². The Bertz CT molecular complexity index is 609. The molecule has 3 nitrogen and oxygen atoms in total. The SMILES string of the molecule is CCn1nc(C)cc1CC(C)(N)c1ccc(C)c(C)c1. The van der Waals surface area contributed by atoms with Crippen molar-refractivity contribution in [2.75, 3.05) is 0 Å². The smallest absolute Gasteiger partial charge is 0.0596 e. The van der Waals surface area contributed by atoms with E-state index in [9.17, 15) is 0 Å². The minimum Gasteiger partial charge on any atom is -0.321 e. The molecule has 0 bridgehead atoms. The molecule has 0 aliphatic carbocycles. The standard InChI is InChI=1S/C17H25N3/c1-6-20-16(10-14(4)19-20)11-17(5,18)15-8-7-12(2)13(3)9-15/h7-10H,6,11,18H2,1-5H3. The fraction of sp³-hybridized carbons (Fsp3) is 0.471. The first kappa shape index (κ1) is 14.8. The van der Waals surface area contributed by atoms with Crippen LogP contribution in [0.25, 0.3) is 0 Å². The molecule has 0 aliphatic heterocycles. The molecule has 20 heavy (non-hydrogen) atoms. The monoisotopic (exact) mass is 271 g/mol. The Morgan fingerprint density at radius 1 is 1.15 bits per heavy atom. The number of nitrogens with two attached hydrogens (primary N) is 1. The number of hydrogen-bond donors (Lipinski definition) is 1. The maximum absolute atomic E-state index is 6.58. The van der Waals surface area contributed by atoms with Gasteiger partial charge in [-0.15, -0.1) is 0 Å². The van der Waals surface area contributed by atoms with Gasteiger partial charge >= 0.3 is 0 Å². The summed E-state index contributed by atoms with van der Waals surface area (Å²) in [5.74, 6) is 0. The van der Waals surface area contributed by atoms with Crippen molar-refractivity contribution in [1.82, 2.24) is 9.78 Å². The molecule has 0 amide bonds. The van der Waals surface area contributed by atoms with Gasteiger partial charge in [-0.05, 0) is 57.4 Å². The first-order valence-corrected chi connectivity index (χ1v) is 7.23. The molecular formula is C17H25N3. The summed E-state index contributed by atoms with van der Waals surface area (Å²) >= 11 is 0. The van der Waals surface area contributed by atoms with Crippen LogP contribution in [0.1, 0.15) is 41.9 Å². The molecule has 1 aromatic heterocycles. The summed E-state index contributed by atoms with van der Waals surface area (Å²) in [5, 5.41) is 4.50. The molecule has 0 fully saturated rings. The molecule has 1 atom stereocenters. The van der Waals surface area contributed by atoms with E-state index in [2.05, 4.69) is 57.1 Å². The van der Waals surface area contributed by atoms with Crippen LogP contribution in [-0.2, 0) is 18.5 Å². The van der Waals surface area contributed by atoms with E-state index in [0.717, 1.165) is 18.7 Å². The Kier molecular flexibility index (Phi) is 4.00. The van der Waals surface area contributed by atoms with E-state index in [4.69, 9.17) is 5.73 Å². The lowest BCUT2D eigenvalue weighted by Gasteiger charge is -2.26. The molecule has 0 saturated carbocycles. The summed E-state index contributed by atoms with van der Waals surface area (Å²) in [7, 11) is 0.